The fourth-order valence-electron chi connectivity index (χ4n) is 1.56. The van der Waals surface area contributed by atoms with Crippen LogP contribution >= 0.6 is 0 Å². The number of ether oxygens (including phenoxy) is 1. The Bertz CT molecular complexity index is 147. The van der Waals surface area contributed by atoms with Crippen molar-refractivity contribution in [2.75, 3.05) is 21.2 Å². The predicted molar refractivity (Wildman–Crippen MR) is 53.6 cm³/mol. The predicted octanol–water partition coefficient (Wildman–Crippen LogP) is 1.53. The number of hydrogen-bond acceptors (Lipinski definition) is 3. The first-order valence-corrected chi connectivity index (χ1v) is 4.72. The summed E-state index contributed by atoms with van der Waals surface area (Å²) in [6.07, 6.45) is 1.38. The van der Waals surface area contributed by atoms with Crippen LogP contribution in [0.15, 0.2) is 0 Å². The fourth-order valence-corrected chi connectivity index (χ4v) is 1.56. The monoisotopic (exact) mass is 187 g/mol. The van der Waals surface area contributed by atoms with Gasteiger partial charge in [0, 0.05) is 12.5 Å². The molecule has 0 aliphatic heterocycles. The van der Waals surface area contributed by atoms with Gasteiger partial charge in [0.2, 0.25) is 0 Å². The van der Waals surface area contributed by atoms with Crippen LogP contribution in [-0.2, 0) is 9.53 Å². The van der Waals surface area contributed by atoms with Gasteiger partial charge in [-0.15, -0.1) is 0 Å². The Kier molecular flexibility index (Phi) is 5.71. The lowest BCUT2D eigenvalue weighted by Crippen LogP contribution is -2.33. The molecule has 0 aromatic heterocycles. The van der Waals surface area contributed by atoms with E-state index in [-0.39, 0.29) is 5.97 Å². The summed E-state index contributed by atoms with van der Waals surface area (Å²) in [6.45, 7) is 4.34. The molecule has 13 heavy (non-hydrogen) atoms. The molecule has 0 spiro atoms. The molecule has 0 N–H and O–H groups in total. The molecule has 0 heterocycles. The molecule has 0 radical (unpaired) electrons. The highest BCUT2D eigenvalue weighted by Crippen LogP contribution is 2.13. The number of rotatable bonds is 5. The molecule has 78 valence electrons. The zero-order valence-electron chi connectivity index (χ0n) is 9.33. The number of carbonyl (C=O) groups excluding carboxylic acids is 1. The zero-order valence-corrected chi connectivity index (χ0v) is 9.33. The molecule has 0 amide bonds. The van der Waals surface area contributed by atoms with Gasteiger partial charge in [0.1, 0.15) is 0 Å². The lowest BCUT2D eigenvalue weighted by molar-refractivity contribution is -0.141. The van der Waals surface area contributed by atoms with Crippen molar-refractivity contribution in [1.29, 1.82) is 0 Å². The van der Waals surface area contributed by atoms with Gasteiger partial charge in [-0.05, 0) is 26.4 Å². The molecule has 1 atom stereocenters. The smallest absolute Gasteiger partial charge is 0.305 e. The summed E-state index contributed by atoms with van der Waals surface area (Å²) in [5.74, 6) is 0.451. The van der Waals surface area contributed by atoms with Crippen molar-refractivity contribution in [2.45, 2.75) is 32.7 Å². The summed E-state index contributed by atoms with van der Waals surface area (Å²) in [7, 11) is 5.52. The summed E-state index contributed by atoms with van der Waals surface area (Å²) in [5.41, 5.74) is 0. The third kappa shape index (κ3) is 4.88. The summed E-state index contributed by atoms with van der Waals surface area (Å²) in [5, 5.41) is 0. The molecule has 0 rings (SSSR count). The maximum atomic E-state index is 10.9. The highest BCUT2D eigenvalue weighted by molar-refractivity contribution is 5.69. The Labute approximate surface area is 81.1 Å². The van der Waals surface area contributed by atoms with Gasteiger partial charge in [0.25, 0.3) is 0 Å². The minimum atomic E-state index is -0.118. The van der Waals surface area contributed by atoms with Crippen molar-refractivity contribution in [3.63, 3.8) is 0 Å². The van der Waals surface area contributed by atoms with Crippen molar-refractivity contribution in [3.8, 4) is 0 Å². The average molecular weight is 187 g/mol. The van der Waals surface area contributed by atoms with Gasteiger partial charge in [0.05, 0.1) is 7.11 Å². The van der Waals surface area contributed by atoms with Gasteiger partial charge in [-0.2, -0.15) is 0 Å². The molecule has 3 heteroatoms. The first kappa shape index (κ1) is 12.4. The van der Waals surface area contributed by atoms with E-state index in [1.54, 1.807) is 0 Å². The zero-order chi connectivity index (χ0) is 10.4. The van der Waals surface area contributed by atoms with Gasteiger partial charge >= 0.3 is 5.97 Å². The fraction of sp³-hybridized carbons (Fsp3) is 0.900. The Morgan fingerprint density at radius 3 is 2.23 bits per heavy atom. The summed E-state index contributed by atoms with van der Waals surface area (Å²) >= 11 is 0. The molecule has 0 saturated heterocycles. The first-order chi connectivity index (χ1) is 5.99. The standard InChI is InChI=1S/C10H21NO2/c1-8(2)9(11(3)4)6-7-10(12)13-5/h8-9H,6-7H2,1-5H3. The van der Waals surface area contributed by atoms with E-state index in [1.165, 1.54) is 7.11 Å². The van der Waals surface area contributed by atoms with Crippen LogP contribution in [0.2, 0.25) is 0 Å². The molecule has 0 bridgehead atoms. The Morgan fingerprint density at radius 1 is 1.38 bits per heavy atom. The normalized spacial score (nSPS) is 13.5. The van der Waals surface area contributed by atoms with Crippen LogP contribution in [0.5, 0.6) is 0 Å². The molecule has 0 aliphatic carbocycles. The minimum absolute atomic E-state index is 0.118. The van der Waals surface area contributed by atoms with Crippen molar-refractivity contribution < 1.29 is 9.53 Å². The van der Waals surface area contributed by atoms with Gasteiger partial charge in [0.15, 0.2) is 0 Å². The van der Waals surface area contributed by atoms with Gasteiger partial charge in [-0.3, -0.25) is 4.79 Å². The summed E-state index contributed by atoms with van der Waals surface area (Å²) < 4.78 is 4.60. The quantitative estimate of drug-likeness (QED) is 0.611. The molecule has 1 unspecified atom stereocenters. The van der Waals surface area contributed by atoms with Crippen LogP contribution < -0.4 is 0 Å². The second-order valence-corrected chi connectivity index (χ2v) is 3.89. The second kappa shape index (κ2) is 5.97. The van der Waals surface area contributed by atoms with E-state index >= 15 is 0 Å². The molecule has 0 fully saturated rings. The summed E-state index contributed by atoms with van der Waals surface area (Å²) in [6, 6.07) is 0.457. The van der Waals surface area contributed by atoms with E-state index in [9.17, 15) is 4.79 Å². The number of nitrogens with zero attached hydrogens (tertiary/aromatic N) is 1. The lowest BCUT2D eigenvalue weighted by Gasteiger charge is -2.27. The number of hydrogen-bond donors (Lipinski definition) is 0. The second-order valence-electron chi connectivity index (χ2n) is 3.89. The van der Waals surface area contributed by atoms with Crippen molar-refractivity contribution in [2.24, 2.45) is 5.92 Å². The Morgan fingerprint density at radius 2 is 1.92 bits per heavy atom. The SMILES string of the molecule is COC(=O)CCC(C(C)C)N(C)C. The highest BCUT2D eigenvalue weighted by Gasteiger charge is 2.16. The molecule has 0 aliphatic rings. The van der Waals surface area contributed by atoms with Crippen molar-refractivity contribution >= 4 is 5.97 Å². The Hall–Kier alpha value is -0.570. The van der Waals surface area contributed by atoms with Crippen LogP contribution in [0.1, 0.15) is 26.7 Å². The van der Waals surface area contributed by atoms with E-state index in [0.717, 1.165) is 6.42 Å². The van der Waals surface area contributed by atoms with E-state index in [4.69, 9.17) is 0 Å². The van der Waals surface area contributed by atoms with Crippen LogP contribution in [0.25, 0.3) is 0 Å². The van der Waals surface area contributed by atoms with E-state index < -0.39 is 0 Å². The largest absolute Gasteiger partial charge is 0.469 e. The third-order valence-corrected chi connectivity index (χ3v) is 2.30. The highest BCUT2D eigenvalue weighted by atomic mass is 16.5. The molecular formula is C10H21NO2. The third-order valence-electron chi connectivity index (χ3n) is 2.30. The summed E-state index contributed by atoms with van der Waals surface area (Å²) in [4.78, 5) is 13.1. The molecular weight excluding hydrogens is 166 g/mol. The minimum Gasteiger partial charge on any atom is -0.469 e. The Balaban J connectivity index is 3.90. The van der Waals surface area contributed by atoms with E-state index in [1.807, 2.05) is 14.1 Å². The lowest BCUT2D eigenvalue weighted by atomic mass is 9.98. The van der Waals surface area contributed by atoms with Crippen LogP contribution in [0, 0.1) is 5.92 Å². The van der Waals surface area contributed by atoms with Gasteiger partial charge in [-0.25, -0.2) is 0 Å². The molecule has 3 nitrogen and oxygen atoms in total. The van der Waals surface area contributed by atoms with Crippen molar-refractivity contribution in [1.82, 2.24) is 4.90 Å². The van der Waals surface area contributed by atoms with Crippen LogP contribution in [0.3, 0.4) is 0 Å². The molecule has 0 aromatic rings. The molecule has 0 saturated carbocycles. The van der Waals surface area contributed by atoms with Crippen molar-refractivity contribution in [3.05, 3.63) is 0 Å². The molecule has 0 aromatic carbocycles. The van der Waals surface area contributed by atoms with Crippen LogP contribution in [-0.4, -0.2) is 38.1 Å². The van der Waals surface area contributed by atoms with Gasteiger partial charge in [-0.1, -0.05) is 13.8 Å². The van der Waals surface area contributed by atoms with Crippen LogP contribution in [0.4, 0.5) is 0 Å². The van der Waals surface area contributed by atoms with E-state index in [2.05, 4.69) is 23.5 Å². The van der Waals surface area contributed by atoms with E-state index in [0.29, 0.717) is 18.4 Å². The first-order valence-electron chi connectivity index (χ1n) is 4.72. The van der Waals surface area contributed by atoms with Gasteiger partial charge < -0.3 is 9.64 Å². The number of esters is 1. The maximum absolute atomic E-state index is 10.9. The maximum Gasteiger partial charge on any atom is 0.305 e. The topological polar surface area (TPSA) is 29.5 Å². The number of methoxy groups -OCH3 is 1. The average Bonchev–Trinajstić information content (AvgIpc) is 2.03. The number of carbonyl (C=O) groups is 1.